The van der Waals surface area contributed by atoms with Crippen LogP contribution in [-0.2, 0) is 11.2 Å². The van der Waals surface area contributed by atoms with Crippen molar-refractivity contribution in [2.75, 3.05) is 18.0 Å². The van der Waals surface area contributed by atoms with Crippen molar-refractivity contribution in [2.24, 2.45) is 0 Å². The zero-order valence-corrected chi connectivity index (χ0v) is 11.9. The van der Waals surface area contributed by atoms with Gasteiger partial charge in [0, 0.05) is 30.8 Å². The molecule has 108 valence electrons. The molecular weight excluding hydrogens is 254 g/mol. The largest absolute Gasteiger partial charge is 0.481 e. The maximum atomic E-state index is 12.0. The summed E-state index contributed by atoms with van der Waals surface area (Å²) < 4.78 is 0. The minimum Gasteiger partial charge on any atom is -0.481 e. The summed E-state index contributed by atoms with van der Waals surface area (Å²) in [7, 11) is 0. The van der Waals surface area contributed by atoms with Crippen molar-refractivity contribution in [3.8, 4) is 0 Å². The van der Waals surface area contributed by atoms with E-state index in [1.54, 1.807) is 0 Å². The van der Waals surface area contributed by atoms with Gasteiger partial charge in [0.2, 0.25) is 0 Å². The SMILES string of the molecule is CCCN1CCCc2ccc(C(=O)CCC(=O)O)cc21. The van der Waals surface area contributed by atoms with Crippen molar-refractivity contribution in [1.29, 1.82) is 0 Å². The summed E-state index contributed by atoms with van der Waals surface area (Å²) >= 11 is 0. The average molecular weight is 275 g/mol. The third-order valence-electron chi connectivity index (χ3n) is 3.68. The molecule has 20 heavy (non-hydrogen) atoms. The first-order chi connectivity index (χ1) is 9.61. The van der Waals surface area contributed by atoms with Crippen LogP contribution in [0.4, 0.5) is 5.69 Å². The van der Waals surface area contributed by atoms with Gasteiger partial charge < -0.3 is 10.0 Å². The molecule has 0 aliphatic carbocycles. The number of anilines is 1. The molecule has 1 aliphatic rings. The molecule has 0 saturated heterocycles. The van der Waals surface area contributed by atoms with E-state index < -0.39 is 5.97 Å². The molecule has 0 bridgehead atoms. The number of ketones is 1. The summed E-state index contributed by atoms with van der Waals surface area (Å²) in [5.74, 6) is -1.01. The Labute approximate surface area is 119 Å². The van der Waals surface area contributed by atoms with Gasteiger partial charge in [-0.25, -0.2) is 0 Å². The van der Waals surface area contributed by atoms with Crippen LogP contribution in [0.15, 0.2) is 18.2 Å². The lowest BCUT2D eigenvalue weighted by atomic mass is 9.97. The average Bonchev–Trinajstić information content (AvgIpc) is 2.45. The van der Waals surface area contributed by atoms with Crippen LogP contribution in [0, 0.1) is 0 Å². The number of hydrogen-bond acceptors (Lipinski definition) is 3. The predicted molar refractivity (Wildman–Crippen MR) is 78.5 cm³/mol. The molecule has 0 radical (unpaired) electrons. The van der Waals surface area contributed by atoms with E-state index in [9.17, 15) is 9.59 Å². The highest BCUT2D eigenvalue weighted by Gasteiger charge is 2.18. The quantitative estimate of drug-likeness (QED) is 0.811. The lowest BCUT2D eigenvalue weighted by molar-refractivity contribution is -0.136. The van der Waals surface area contributed by atoms with Crippen LogP contribution in [0.1, 0.15) is 48.5 Å². The number of fused-ring (bicyclic) bond motifs is 1. The summed E-state index contributed by atoms with van der Waals surface area (Å²) in [5.41, 5.74) is 3.08. The first-order valence-electron chi connectivity index (χ1n) is 7.24. The Hall–Kier alpha value is -1.84. The molecule has 0 atom stereocenters. The van der Waals surface area contributed by atoms with Crippen LogP contribution in [-0.4, -0.2) is 29.9 Å². The fourth-order valence-corrected chi connectivity index (χ4v) is 2.69. The Morgan fingerprint density at radius 1 is 1.30 bits per heavy atom. The molecule has 1 aliphatic heterocycles. The molecule has 0 fully saturated rings. The number of aryl methyl sites for hydroxylation is 1. The summed E-state index contributed by atoms with van der Waals surface area (Å²) in [6.07, 6.45) is 3.26. The summed E-state index contributed by atoms with van der Waals surface area (Å²) in [4.78, 5) is 24.9. The van der Waals surface area contributed by atoms with Gasteiger partial charge in [-0.2, -0.15) is 0 Å². The van der Waals surface area contributed by atoms with Crippen molar-refractivity contribution in [1.82, 2.24) is 0 Å². The fourth-order valence-electron chi connectivity index (χ4n) is 2.69. The van der Waals surface area contributed by atoms with Gasteiger partial charge in [0.1, 0.15) is 0 Å². The molecule has 4 nitrogen and oxygen atoms in total. The van der Waals surface area contributed by atoms with Gasteiger partial charge in [-0.1, -0.05) is 19.1 Å². The Morgan fingerprint density at radius 3 is 2.80 bits per heavy atom. The molecule has 1 aromatic carbocycles. The number of carbonyl (C=O) groups excluding carboxylic acids is 1. The third-order valence-corrected chi connectivity index (χ3v) is 3.68. The van der Waals surface area contributed by atoms with E-state index in [1.807, 2.05) is 18.2 Å². The monoisotopic (exact) mass is 275 g/mol. The number of carboxylic acid groups (broad SMARTS) is 1. The summed E-state index contributed by atoms with van der Waals surface area (Å²) in [5, 5.41) is 8.65. The van der Waals surface area contributed by atoms with E-state index >= 15 is 0 Å². The van der Waals surface area contributed by atoms with Gasteiger partial charge in [0.05, 0.1) is 6.42 Å². The first-order valence-corrected chi connectivity index (χ1v) is 7.24. The summed E-state index contributed by atoms with van der Waals surface area (Å²) in [6, 6.07) is 5.79. The Morgan fingerprint density at radius 2 is 2.10 bits per heavy atom. The molecule has 1 heterocycles. The highest BCUT2D eigenvalue weighted by Crippen LogP contribution is 2.28. The van der Waals surface area contributed by atoms with Crippen LogP contribution in [0.2, 0.25) is 0 Å². The maximum absolute atomic E-state index is 12.0. The van der Waals surface area contributed by atoms with Crippen molar-refractivity contribution >= 4 is 17.4 Å². The minimum atomic E-state index is -0.927. The Kier molecular flexibility index (Phi) is 4.77. The maximum Gasteiger partial charge on any atom is 0.303 e. The Balaban J connectivity index is 2.18. The van der Waals surface area contributed by atoms with Gasteiger partial charge in [0.15, 0.2) is 5.78 Å². The zero-order chi connectivity index (χ0) is 14.5. The number of hydrogen-bond donors (Lipinski definition) is 1. The minimum absolute atomic E-state index is 0.0713. The molecule has 0 unspecified atom stereocenters. The molecular formula is C16H21NO3. The normalized spacial score (nSPS) is 13.9. The number of rotatable bonds is 6. The molecule has 4 heteroatoms. The van der Waals surface area contributed by atoms with Crippen LogP contribution in [0.3, 0.4) is 0 Å². The number of nitrogens with zero attached hydrogens (tertiary/aromatic N) is 1. The lowest BCUT2D eigenvalue weighted by Gasteiger charge is -2.31. The van der Waals surface area contributed by atoms with Crippen LogP contribution in [0.5, 0.6) is 0 Å². The van der Waals surface area contributed by atoms with Crippen molar-refractivity contribution in [2.45, 2.75) is 39.0 Å². The van der Waals surface area contributed by atoms with Gasteiger partial charge in [-0.3, -0.25) is 9.59 Å². The summed E-state index contributed by atoms with van der Waals surface area (Å²) in [6.45, 7) is 4.18. The van der Waals surface area contributed by atoms with Crippen LogP contribution >= 0.6 is 0 Å². The topological polar surface area (TPSA) is 57.6 Å². The second-order valence-electron chi connectivity index (χ2n) is 5.25. The van der Waals surface area contributed by atoms with Gasteiger partial charge >= 0.3 is 5.97 Å². The van der Waals surface area contributed by atoms with Gasteiger partial charge in [-0.15, -0.1) is 0 Å². The van der Waals surface area contributed by atoms with E-state index in [0.29, 0.717) is 5.56 Å². The van der Waals surface area contributed by atoms with E-state index in [-0.39, 0.29) is 18.6 Å². The van der Waals surface area contributed by atoms with E-state index in [1.165, 1.54) is 5.56 Å². The van der Waals surface area contributed by atoms with Crippen molar-refractivity contribution in [3.05, 3.63) is 29.3 Å². The second-order valence-corrected chi connectivity index (χ2v) is 5.25. The highest BCUT2D eigenvalue weighted by molar-refractivity contribution is 5.98. The number of Topliss-reactive ketones (excluding diaryl/α,β-unsaturated/α-hetero) is 1. The number of carboxylic acids is 1. The molecule has 0 saturated carbocycles. The zero-order valence-electron chi connectivity index (χ0n) is 11.9. The first kappa shape index (κ1) is 14.6. The molecule has 0 spiro atoms. The second kappa shape index (κ2) is 6.55. The van der Waals surface area contributed by atoms with Crippen molar-refractivity contribution < 1.29 is 14.7 Å². The fraction of sp³-hybridized carbons (Fsp3) is 0.500. The molecule has 1 aromatic rings. The lowest BCUT2D eigenvalue weighted by Crippen LogP contribution is -2.30. The molecule has 0 aromatic heterocycles. The standard InChI is InChI=1S/C16H21NO3/c1-2-9-17-10-3-4-12-5-6-13(11-14(12)17)15(18)7-8-16(19)20/h5-6,11H,2-4,7-10H2,1H3,(H,19,20). The van der Waals surface area contributed by atoms with E-state index in [0.717, 1.165) is 38.0 Å². The number of aliphatic carboxylic acids is 1. The van der Waals surface area contributed by atoms with Crippen LogP contribution < -0.4 is 4.90 Å². The number of benzene rings is 1. The number of carbonyl (C=O) groups is 2. The molecule has 2 rings (SSSR count). The smallest absolute Gasteiger partial charge is 0.303 e. The van der Waals surface area contributed by atoms with Crippen LogP contribution in [0.25, 0.3) is 0 Å². The van der Waals surface area contributed by atoms with E-state index in [2.05, 4.69) is 11.8 Å². The van der Waals surface area contributed by atoms with Gasteiger partial charge in [-0.05, 0) is 30.9 Å². The van der Waals surface area contributed by atoms with E-state index in [4.69, 9.17) is 5.11 Å². The highest BCUT2D eigenvalue weighted by atomic mass is 16.4. The predicted octanol–water partition coefficient (Wildman–Crippen LogP) is 2.90. The van der Waals surface area contributed by atoms with Gasteiger partial charge in [0.25, 0.3) is 0 Å². The Bertz CT molecular complexity index is 510. The molecule has 1 N–H and O–H groups in total. The third kappa shape index (κ3) is 3.38. The van der Waals surface area contributed by atoms with Crippen molar-refractivity contribution in [3.63, 3.8) is 0 Å². The molecule has 0 amide bonds.